The number of anilines is 1. The van der Waals surface area contributed by atoms with Crippen molar-refractivity contribution >= 4 is 23.3 Å². The van der Waals surface area contributed by atoms with Crippen LogP contribution in [0.2, 0.25) is 0 Å². The summed E-state index contributed by atoms with van der Waals surface area (Å²) in [6.07, 6.45) is -0.873. The van der Waals surface area contributed by atoms with E-state index in [-0.39, 0.29) is 27.9 Å². The van der Waals surface area contributed by atoms with Crippen molar-refractivity contribution in [3.63, 3.8) is 0 Å². The monoisotopic (exact) mass is 404 g/mol. The Morgan fingerprint density at radius 2 is 1.63 bits per heavy atom. The van der Waals surface area contributed by atoms with Crippen molar-refractivity contribution in [2.45, 2.75) is 6.92 Å². The topological polar surface area (TPSA) is 88.8 Å². The fourth-order valence-corrected chi connectivity index (χ4v) is 3.94. The first-order valence-corrected chi connectivity index (χ1v) is 9.30. The molecule has 0 bridgehead atoms. The molecule has 0 amide bonds. The quantitative estimate of drug-likeness (QED) is 0.549. The molecule has 30 heavy (non-hydrogen) atoms. The van der Waals surface area contributed by atoms with Crippen LogP contribution in [0.3, 0.4) is 0 Å². The van der Waals surface area contributed by atoms with E-state index in [2.05, 4.69) is 0 Å². The number of aromatic hydroxyl groups is 1. The molecule has 7 nitrogen and oxygen atoms in total. The van der Waals surface area contributed by atoms with Crippen LogP contribution in [0.15, 0.2) is 42.5 Å². The summed E-state index contributed by atoms with van der Waals surface area (Å²) >= 11 is 0. The zero-order chi connectivity index (χ0) is 21.7. The molecule has 1 N–H and O–H groups in total. The maximum atomic E-state index is 13.5. The third-order valence-corrected chi connectivity index (χ3v) is 5.37. The summed E-state index contributed by atoms with van der Waals surface area (Å²) in [5.74, 6) is -1.52. The zero-order valence-corrected chi connectivity index (χ0v) is 17.0. The van der Waals surface area contributed by atoms with Gasteiger partial charge in [0.2, 0.25) is 5.88 Å². The van der Waals surface area contributed by atoms with Crippen molar-refractivity contribution in [3.8, 4) is 17.0 Å². The lowest BCUT2D eigenvalue weighted by molar-refractivity contribution is 0.0978. The standard InChI is InChI=1S/C23H20N2O5/c1-12-17-19(22(28)25(12)23(29)30-4)20(26)15-10-14(13-8-6-5-7-9-13)11-16(24(2)3)18(15)21(17)27/h5-11,28H,1-4H3. The molecule has 0 aliphatic heterocycles. The summed E-state index contributed by atoms with van der Waals surface area (Å²) < 4.78 is 5.54. The van der Waals surface area contributed by atoms with Gasteiger partial charge in [-0.25, -0.2) is 9.36 Å². The molecule has 0 atom stereocenters. The molecular weight excluding hydrogens is 384 g/mol. The number of hydrogen-bond acceptors (Lipinski definition) is 6. The van der Waals surface area contributed by atoms with Crippen LogP contribution in [0.1, 0.15) is 37.5 Å². The van der Waals surface area contributed by atoms with E-state index in [9.17, 15) is 19.5 Å². The van der Waals surface area contributed by atoms with Crippen molar-refractivity contribution in [2.75, 3.05) is 26.1 Å². The molecule has 1 aliphatic rings. The molecule has 152 valence electrons. The average Bonchev–Trinajstić information content (AvgIpc) is 3.01. The Balaban J connectivity index is 2.03. The van der Waals surface area contributed by atoms with Crippen LogP contribution in [0.5, 0.6) is 5.88 Å². The minimum atomic E-state index is -0.873. The number of fused-ring (bicyclic) bond motifs is 2. The van der Waals surface area contributed by atoms with E-state index in [0.717, 1.165) is 22.8 Å². The molecule has 0 saturated heterocycles. The van der Waals surface area contributed by atoms with E-state index < -0.39 is 23.5 Å². The van der Waals surface area contributed by atoms with Gasteiger partial charge in [0.1, 0.15) is 0 Å². The number of methoxy groups -OCH3 is 1. The summed E-state index contributed by atoms with van der Waals surface area (Å²) in [6, 6.07) is 13.0. The third-order valence-electron chi connectivity index (χ3n) is 5.37. The van der Waals surface area contributed by atoms with Crippen molar-refractivity contribution < 1.29 is 24.2 Å². The Kier molecular flexibility index (Phi) is 4.46. The van der Waals surface area contributed by atoms with Crippen LogP contribution in [0, 0.1) is 6.92 Å². The predicted octanol–water partition coefficient (Wildman–Crippen LogP) is 3.63. The number of ether oxygens (including phenoxy) is 1. The minimum Gasteiger partial charge on any atom is -0.494 e. The van der Waals surface area contributed by atoms with Gasteiger partial charge in [0, 0.05) is 31.0 Å². The van der Waals surface area contributed by atoms with Crippen LogP contribution in [-0.4, -0.2) is 48.5 Å². The molecule has 0 radical (unpaired) electrons. The first kappa shape index (κ1) is 19.4. The Labute approximate surface area is 173 Å². The maximum Gasteiger partial charge on any atom is 0.420 e. The van der Waals surface area contributed by atoms with Gasteiger partial charge in [0.15, 0.2) is 11.6 Å². The molecule has 7 heteroatoms. The molecule has 1 aliphatic carbocycles. The molecule has 2 aromatic carbocycles. The van der Waals surface area contributed by atoms with Crippen LogP contribution in [-0.2, 0) is 4.74 Å². The second-order valence-electron chi connectivity index (χ2n) is 7.30. The average molecular weight is 404 g/mol. The van der Waals surface area contributed by atoms with E-state index in [1.165, 1.54) is 6.92 Å². The molecular formula is C23H20N2O5. The third kappa shape index (κ3) is 2.62. The number of nitrogens with zero attached hydrogens (tertiary/aromatic N) is 2. The molecule has 0 fully saturated rings. The lowest BCUT2D eigenvalue weighted by Crippen LogP contribution is -2.24. The Morgan fingerprint density at radius 3 is 2.23 bits per heavy atom. The molecule has 0 saturated carbocycles. The number of ketones is 2. The van der Waals surface area contributed by atoms with E-state index in [1.54, 1.807) is 25.1 Å². The minimum absolute atomic E-state index is 0.0194. The van der Waals surface area contributed by atoms with Gasteiger partial charge in [-0.15, -0.1) is 0 Å². The van der Waals surface area contributed by atoms with E-state index in [0.29, 0.717) is 5.69 Å². The highest BCUT2D eigenvalue weighted by atomic mass is 16.5. The molecule has 3 aromatic rings. The summed E-state index contributed by atoms with van der Waals surface area (Å²) in [7, 11) is 4.75. The number of aromatic nitrogens is 1. The summed E-state index contributed by atoms with van der Waals surface area (Å²) in [5.41, 5.74) is 2.69. The van der Waals surface area contributed by atoms with Crippen molar-refractivity contribution in [2.24, 2.45) is 0 Å². The van der Waals surface area contributed by atoms with Crippen molar-refractivity contribution in [1.29, 1.82) is 0 Å². The second kappa shape index (κ2) is 6.88. The van der Waals surface area contributed by atoms with Gasteiger partial charge in [0.25, 0.3) is 0 Å². The van der Waals surface area contributed by atoms with Crippen LogP contribution >= 0.6 is 0 Å². The van der Waals surface area contributed by atoms with Gasteiger partial charge in [-0.2, -0.15) is 0 Å². The van der Waals surface area contributed by atoms with Crippen LogP contribution in [0.4, 0.5) is 10.5 Å². The van der Waals surface area contributed by atoms with Gasteiger partial charge in [-0.05, 0) is 30.2 Å². The largest absolute Gasteiger partial charge is 0.494 e. The van der Waals surface area contributed by atoms with E-state index in [1.807, 2.05) is 36.4 Å². The van der Waals surface area contributed by atoms with Gasteiger partial charge in [0.05, 0.1) is 23.8 Å². The zero-order valence-electron chi connectivity index (χ0n) is 17.0. The highest BCUT2D eigenvalue weighted by Crippen LogP contribution is 2.42. The number of carbonyl (C=O) groups is 3. The van der Waals surface area contributed by atoms with Gasteiger partial charge < -0.3 is 14.7 Å². The molecule has 0 spiro atoms. The van der Waals surface area contributed by atoms with E-state index in [4.69, 9.17) is 4.74 Å². The highest BCUT2D eigenvalue weighted by Gasteiger charge is 2.40. The smallest absolute Gasteiger partial charge is 0.420 e. The van der Waals surface area contributed by atoms with E-state index >= 15 is 0 Å². The normalized spacial score (nSPS) is 12.4. The molecule has 0 unspecified atom stereocenters. The summed E-state index contributed by atoms with van der Waals surface area (Å²) in [4.78, 5) is 40.8. The number of benzene rings is 2. The number of rotatable bonds is 2. The van der Waals surface area contributed by atoms with Gasteiger partial charge >= 0.3 is 6.09 Å². The summed E-state index contributed by atoms with van der Waals surface area (Å²) in [6.45, 7) is 1.50. The highest BCUT2D eigenvalue weighted by molar-refractivity contribution is 6.32. The predicted molar refractivity (Wildman–Crippen MR) is 112 cm³/mol. The fourth-order valence-electron chi connectivity index (χ4n) is 3.94. The fraction of sp³-hybridized carbons (Fsp3) is 0.174. The van der Waals surface area contributed by atoms with Crippen LogP contribution < -0.4 is 4.90 Å². The Hall–Kier alpha value is -3.87. The molecule has 1 aromatic heterocycles. The number of carbonyl (C=O) groups excluding carboxylic acids is 3. The molecule has 1 heterocycles. The molecule has 4 rings (SSSR count). The van der Waals surface area contributed by atoms with Crippen LogP contribution in [0.25, 0.3) is 11.1 Å². The first-order valence-electron chi connectivity index (χ1n) is 9.30. The Bertz CT molecular complexity index is 1220. The van der Waals surface area contributed by atoms with Crippen molar-refractivity contribution in [1.82, 2.24) is 4.57 Å². The first-order chi connectivity index (χ1) is 14.3. The lowest BCUT2D eigenvalue weighted by atomic mass is 9.82. The van der Waals surface area contributed by atoms with Gasteiger partial charge in [-0.1, -0.05) is 30.3 Å². The lowest BCUT2D eigenvalue weighted by Gasteiger charge is -2.24. The Morgan fingerprint density at radius 1 is 0.967 bits per heavy atom. The number of hydrogen-bond donors (Lipinski definition) is 1. The SMILES string of the molecule is COC(=O)n1c(C)c2c(c1O)C(=O)c1cc(-c3ccccc3)cc(N(C)C)c1C2=O. The maximum absolute atomic E-state index is 13.5. The van der Waals surface area contributed by atoms with Crippen molar-refractivity contribution in [3.05, 3.63) is 70.4 Å². The second-order valence-corrected chi connectivity index (χ2v) is 7.30. The van der Waals surface area contributed by atoms with Gasteiger partial charge in [-0.3, -0.25) is 9.59 Å². The summed E-state index contributed by atoms with van der Waals surface area (Å²) in [5, 5.41) is 10.6.